The molecule has 2 unspecified atom stereocenters. The van der Waals surface area contributed by atoms with E-state index in [1.165, 1.54) is 6.92 Å². The Morgan fingerprint density at radius 1 is 0.975 bits per heavy atom. The number of rotatable bonds is 6. The number of carbonyl (C=O) groups excluding carboxylic acids is 1. The first kappa shape index (κ1) is 27.9. The van der Waals surface area contributed by atoms with E-state index in [1.807, 2.05) is 31.2 Å². The molecule has 3 heterocycles. The minimum absolute atomic E-state index is 0.0975. The van der Waals surface area contributed by atoms with Crippen LogP contribution >= 0.6 is 0 Å². The Bertz CT molecular complexity index is 1350. The lowest BCUT2D eigenvalue weighted by Crippen LogP contribution is -2.36. The van der Waals surface area contributed by atoms with Crippen LogP contribution in [-0.4, -0.2) is 45.5 Å². The first-order chi connectivity index (χ1) is 18.8. The molecule has 0 radical (unpaired) electrons. The highest BCUT2D eigenvalue weighted by atomic mass is 19.4. The number of aromatic nitrogens is 2. The summed E-state index contributed by atoms with van der Waals surface area (Å²) in [5.74, 6) is -0.252. The van der Waals surface area contributed by atoms with Gasteiger partial charge in [0, 0.05) is 30.9 Å². The second-order valence-corrected chi connectivity index (χ2v) is 10.1. The van der Waals surface area contributed by atoms with Gasteiger partial charge >= 0.3 is 12.4 Å². The zero-order valence-corrected chi connectivity index (χ0v) is 21.5. The van der Waals surface area contributed by atoms with Crippen LogP contribution in [0.3, 0.4) is 0 Å². The normalized spacial score (nSPS) is 23.8. The molecule has 1 aromatic heterocycles. The molecular weight excluding hydrogens is 538 g/mol. The molecule has 212 valence electrons. The predicted molar refractivity (Wildman–Crippen MR) is 133 cm³/mol. The quantitative estimate of drug-likeness (QED) is 0.364. The topological polar surface area (TPSA) is 67.3 Å². The Kier molecular flexibility index (Phi) is 7.24. The van der Waals surface area contributed by atoms with Crippen molar-refractivity contribution in [3.05, 3.63) is 88.7 Å². The minimum atomic E-state index is -4.97. The van der Waals surface area contributed by atoms with E-state index in [0.717, 1.165) is 11.1 Å². The number of aryl methyl sites for hydroxylation is 1. The fourth-order valence-electron chi connectivity index (χ4n) is 5.65. The zero-order valence-electron chi connectivity index (χ0n) is 21.5. The highest BCUT2D eigenvalue weighted by molar-refractivity contribution is 5.87. The van der Waals surface area contributed by atoms with Crippen molar-refractivity contribution in [2.75, 3.05) is 11.9 Å². The minimum Gasteiger partial charge on any atom is -0.368 e. The van der Waals surface area contributed by atoms with Crippen molar-refractivity contribution < 1.29 is 35.9 Å². The molecule has 5 atom stereocenters. The molecule has 0 saturated carbocycles. The molecule has 2 saturated heterocycles. The smallest absolute Gasteiger partial charge is 0.368 e. The van der Waals surface area contributed by atoms with Crippen molar-refractivity contribution in [3.63, 3.8) is 0 Å². The van der Waals surface area contributed by atoms with Crippen molar-refractivity contribution in [2.45, 2.75) is 62.8 Å². The van der Waals surface area contributed by atoms with E-state index < -0.39 is 41.7 Å². The Balaban J connectivity index is 1.45. The monoisotopic (exact) mass is 564 g/mol. The Morgan fingerprint density at radius 3 is 2.20 bits per heavy atom. The molecule has 2 aromatic carbocycles. The van der Waals surface area contributed by atoms with Gasteiger partial charge in [0.15, 0.2) is 0 Å². The highest BCUT2D eigenvalue weighted by Gasteiger charge is 2.53. The standard InChI is InChI=1S/C28H26F6N4O2/c1-15-6-3-4-7-20(15)24-22-13-21(37-26-35-8-5-9-36-26)25(39)38(22)14-23(24)40-16(2)17-10-18(27(29,30)31)12-19(11-17)28(32,33)34/h3-12,16,21-24H,13-14H2,1-2H3,(H,35,36,37)/t16-,21?,22+,23+,24?/m1/s1. The molecular formula is C28H26F6N4O2. The third-order valence-corrected chi connectivity index (χ3v) is 7.53. The number of carbonyl (C=O) groups is 1. The summed E-state index contributed by atoms with van der Waals surface area (Å²) in [4.78, 5) is 23.3. The number of amides is 1. The Morgan fingerprint density at radius 2 is 1.60 bits per heavy atom. The van der Waals surface area contributed by atoms with Crippen molar-refractivity contribution in [1.82, 2.24) is 14.9 Å². The highest BCUT2D eigenvalue weighted by Crippen LogP contribution is 2.45. The van der Waals surface area contributed by atoms with Gasteiger partial charge in [0.1, 0.15) is 6.04 Å². The van der Waals surface area contributed by atoms with E-state index >= 15 is 0 Å². The molecule has 1 amide bonds. The maximum absolute atomic E-state index is 13.5. The number of ether oxygens (including phenoxy) is 1. The van der Waals surface area contributed by atoms with Crippen molar-refractivity contribution in [1.29, 1.82) is 0 Å². The van der Waals surface area contributed by atoms with Gasteiger partial charge in [-0.3, -0.25) is 4.79 Å². The number of anilines is 1. The largest absolute Gasteiger partial charge is 0.416 e. The van der Waals surface area contributed by atoms with Crippen LogP contribution in [0.25, 0.3) is 0 Å². The number of fused-ring (bicyclic) bond motifs is 1. The molecule has 5 rings (SSSR count). The zero-order chi connectivity index (χ0) is 28.8. The van der Waals surface area contributed by atoms with Crippen LogP contribution in [0.2, 0.25) is 0 Å². The molecule has 2 aliphatic rings. The lowest BCUT2D eigenvalue weighted by atomic mass is 9.85. The van der Waals surface area contributed by atoms with Gasteiger partial charge in [0.05, 0.1) is 23.3 Å². The summed E-state index contributed by atoms with van der Waals surface area (Å²) in [5, 5.41) is 3.06. The third-order valence-electron chi connectivity index (χ3n) is 7.53. The summed E-state index contributed by atoms with van der Waals surface area (Å²) in [6.07, 6.45) is -8.21. The number of hydrogen-bond donors (Lipinski definition) is 1. The molecule has 6 nitrogen and oxygen atoms in total. The van der Waals surface area contributed by atoms with Crippen LogP contribution < -0.4 is 5.32 Å². The Labute approximate surface area is 226 Å². The van der Waals surface area contributed by atoms with Crippen molar-refractivity contribution in [3.8, 4) is 0 Å². The molecule has 3 aromatic rings. The first-order valence-corrected chi connectivity index (χ1v) is 12.7. The van der Waals surface area contributed by atoms with Crippen molar-refractivity contribution in [2.24, 2.45) is 0 Å². The van der Waals surface area contributed by atoms with Crippen LogP contribution in [0.1, 0.15) is 53.2 Å². The number of benzene rings is 2. The Hall–Kier alpha value is -3.67. The lowest BCUT2D eigenvalue weighted by molar-refractivity contribution is -0.143. The van der Waals surface area contributed by atoms with Crippen molar-refractivity contribution >= 4 is 11.9 Å². The number of alkyl halides is 6. The van der Waals surface area contributed by atoms with Gasteiger partial charge in [-0.25, -0.2) is 9.97 Å². The van der Waals surface area contributed by atoms with E-state index in [2.05, 4.69) is 15.3 Å². The van der Waals surface area contributed by atoms with Crippen LogP contribution in [0.15, 0.2) is 60.9 Å². The van der Waals surface area contributed by atoms with E-state index in [0.29, 0.717) is 24.5 Å². The maximum atomic E-state index is 13.5. The second kappa shape index (κ2) is 10.4. The molecule has 0 aliphatic carbocycles. The summed E-state index contributed by atoms with van der Waals surface area (Å²) >= 11 is 0. The first-order valence-electron chi connectivity index (χ1n) is 12.7. The van der Waals surface area contributed by atoms with E-state index in [-0.39, 0.29) is 36.0 Å². The van der Waals surface area contributed by atoms with E-state index in [9.17, 15) is 31.1 Å². The third kappa shape index (κ3) is 5.49. The number of hydrogen-bond acceptors (Lipinski definition) is 5. The summed E-state index contributed by atoms with van der Waals surface area (Å²) < 4.78 is 87.0. The molecule has 40 heavy (non-hydrogen) atoms. The number of halogens is 6. The summed E-state index contributed by atoms with van der Waals surface area (Å²) in [5.41, 5.74) is -1.21. The van der Waals surface area contributed by atoms with Gasteiger partial charge in [-0.1, -0.05) is 24.3 Å². The predicted octanol–water partition coefficient (Wildman–Crippen LogP) is 6.15. The van der Waals surface area contributed by atoms with Crippen LogP contribution in [0, 0.1) is 6.92 Å². The molecule has 0 bridgehead atoms. The van der Waals surface area contributed by atoms with Gasteiger partial charge in [-0.2, -0.15) is 26.3 Å². The summed E-state index contributed by atoms with van der Waals surface area (Å²) in [6.45, 7) is 3.46. The summed E-state index contributed by atoms with van der Waals surface area (Å²) in [6, 6.07) is 9.75. The van der Waals surface area contributed by atoms with Crippen LogP contribution in [0.4, 0.5) is 32.3 Å². The number of nitrogens with zero attached hydrogens (tertiary/aromatic N) is 3. The lowest BCUT2D eigenvalue weighted by Gasteiger charge is -2.28. The molecule has 12 heteroatoms. The fourth-order valence-corrected chi connectivity index (χ4v) is 5.65. The van der Waals surface area contributed by atoms with E-state index in [1.54, 1.807) is 23.4 Å². The van der Waals surface area contributed by atoms with Gasteiger partial charge in [-0.05, 0) is 61.2 Å². The molecule has 2 aliphatic heterocycles. The molecule has 1 N–H and O–H groups in total. The van der Waals surface area contributed by atoms with Gasteiger partial charge in [-0.15, -0.1) is 0 Å². The van der Waals surface area contributed by atoms with Gasteiger partial charge in [0.2, 0.25) is 11.9 Å². The van der Waals surface area contributed by atoms with Crippen LogP contribution in [-0.2, 0) is 21.9 Å². The molecule has 0 spiro atoms. The fraction of sp³-hybridized carbons (Fsp3) is 0.393. The van der Waals surface area contributed by atoms with Gasteiger partial charge in [0.25, 0.3) is 0 Å². The van der Waals surface area contributed by atoms with Crippen LogP contribution in [0.5, 0.6) is 0 Å². The SMILES string of the molecule is Cc1ccccc1C1[C@@H](O[C@H](C)c2cc(C(F)(F)F)cc(C(F)(F)F)c2)CN2C(=O)C(Nc3ncccn3)C[C@@H]12. The second-order valence-electron chi connectivity index (χ2n) is 10.1. The number of nitrogens with one attached hydrogen (secondary N) is 1. The average molecular weight is 565 g/mol. The average Bonchev–Trinajstić information content (AvgIpc) is 3.39. The summed E-state index contributed by atoms with van der Waals surface area (Å²) in [7, 11) is 0. The molecule has 2 fully saturated rings. The van der Waals surface area contributed by atoms with Gasteiger partial charge < -0.3 is 15.0 Å². The van der Waals surface area contributed by atoms with E-state index in [4.69, 9.17) is 4.74 Å². The maximum Gasteiger partial charge on any atom is 0.416 e.